The van der Waals surface area contributed by atoms with Crippen LogP contribution in [0, 0.1) is 0 Å². The van der Waals surface area contributed by atoms with Crippen LogP contribution in [0.3, 0.4) is 0 Å². The number of furan rings is 1. The number of allylic oxidation sites excluding steroid dienone is 1. The highest BCUT2D eigenvalue weighted by Crippen LogP contribution is 2.32. The van der Waals surface area contributed by atoms with Crippen LogP contribution in [-0.4, -0.2) is 29.7 Å². The van der Waals surface area contributed by atoms with Crippen LogP contribution in [0.1, 0.15) is 48.5 Å². The first-order valence-corrected chi connectivity index (χ1v) is 13.6. The molecule has 0 saturated heterocycles. The Kier molecular flexibility index (Phi) is 7.60. The molecule has 0 spiro atoms. The van der Waals surface area contributed by atoms with E-state index in [9.17, 15) is 14.4 Å². The Bertz CT molecular complexity index is 1830. The fraction of sp³-hybridized carbons (Fsp3) is 0.200. The van der Waals surface area contributed by atoms with Gasteiger partial charge in [-0.3, -0.25) is 9.36 Å². The number of thiazole rings is 1. The second kappa shape index (κ2) is 11.1. The molecule has 8 nitrogen and oxygen atoms in total. The number of hydrogen-bond acceptors (Lipinski definition) is 8. The molecule has 5 rings (SSSR count). The molecule has 0 fully saturated rings. The van der Waals surface area contributed by atoms with Crippen molar-refractivity contribution in [1.29, 1.82) is 0 Å². The second-order valence-electron chi connectivity index (χ2n) is 9.33. The van der Waals surface area contributed by atoms with Crippen molar-refractivity contribution in [3.05, 3.63) is 114 Å². The van der Waals surface area contributed by atoms with Crippen molar-refractivity contribution in [2.24, 2.45) is 4.99 Å². The lowest BCUT2D eigenvalue weighted by atomic mass is 9.95. The minimum absolute atomic E-state index is 0.248. The van der Waals surface area contributed by atoms with Crippen LogP contribution in [0.2, 0.25) is 5.02 Å². The summed E-state index contributed by atoms with van der Waals surface area (Å²) in [4.78, 5) is 44.1. The molecule has 10 heteroatoms. The molecule has 0 aliphatic carbocycles. The number of ether oxygens (including phenoxy) is 2. The molecule has 0 radical (unpaired) electrons. The van der Waals surface area contributed by atoms with Crippen LogP contribution in [0.15, 0.2) is 86.1 Å². The lowest BCUT2D eigenvalue weighted by Crippen LogP contribution is -2.40. The van der Waals surface area contributed by atoms with Crippen molar-refractivity contribution in [1.82, 2.24) is 4.57 Å². The summed E-state index contributed by atoms with van der Waals surface area (Å²) in [5.41, 5.74) is 2.05. The number of benzene rings is 2. The number of hydrogen-bond donors (Lipinski definition) is 0. The van der Waals surface area contributed by atoms with Crippen molar-refractivity contribution < 1.29 is 23.5 Å². The standard InChI is InChI=1S/C30H25ClN2O6S/c1-16(2)38-29(36)25-17(3)32-30-33(26(25)18-9-11-19(12-10-18)28(35)37-4)27(34)24(40-30)15-20-13-14-23(39-20)21-7-5-6-8-22(21)31/h5-16,26H,1-4H3. The van der Waals surface area contributed by atoms with Gasteiger partial charge in [0.05, 0.1) is 45.6 Å². The molecule has 0 amide bonds. The van der Waals surface area contributed by atoms with Gasteiger partial charge in [0, 0.05) is 11.6 Å². The molecule has 2 aromatic carbocycles. The highest BCUT2D eigenvalue weighted by Gasteiger charge is 2.34. The maximum atomic E-state index is 13.8. The Morgan fingerprint density at radius 2 is 1.80 bits per heavy atom. The second-order valence-corrected chi connectivity index (χ2v) is 10.7. The minimum atomic E-state index is -0.813. The number of carbonyl (C=O) groups excluding carboxylic acids is 2. The molecule has 0 bridgehead atoms. The molecule has 0 saturated carbocycles. The molecule has 1 aliphatic heterocycles. The monoisotopic (exact) mass is 576 g/mol. The van der Waals surface area contributed by atoms with Gasteiger partial charge in [0.25, 0.3) is 5.56 Å². The van der Waals surface area contributed by atoms with Gasteiger partial charge in [-0.2, -0.15) is 0 Å². The molecule has 2 aromatic heterocycles. The largest absolute Gasteiger partial charge is 0.465 e. The van der Waals surface area contributed by atoms with Crippen molar-refractivity contribution in [3.8, 4) is 11.3 Å². The number of carbonyl (C=O) groups is 2. The van der Waals surface area contributed by atoms with E-state index in [1.807, 2.05) is 18.2 Å². The van der Waals surface area contributed by atoms with Crippen LogP contribution in [0.5, 0.6) is 0 Å². The number of nitrogens with zero attached hydrogens (tertiary/aromatic N) is 2. The van der Waals surface area contributed by atoms with Gasteiger partial charge in [-0.15, -0.1) is 0 Å². The molecule has 204 valence electrons. The maximum Gasteiger partial charge on any atom is 0.338 e. The molecule has 1 atom stereocenters. The summed E-state index contributed by atoms with van der Waals surface area (Å²) in [6.07, 6.45) is 1.28. The molecule has 1 unspecified atom stereocenters. The Balaban J connectivity index is 1.63. The van der Waals surface area contributed by atoms with Gasteiger partial charge in [0.1, 0.15) is 11.5 Å². The molecule has 40 heavy (non-hydrogen) atoms. The molecule has 0 N–H and O–H groups in total. The van der Waals surface area contributed by atoms with Gasteiger partial charge in [0.15, 0.2) is 4.80 Å². The van der Waals surface area contributed by atoms with Crippen molar-refractivity contribution >= 4 is 41.0 Å². The third-order valence-corrected chi connectivity index (χ3v) is 7.58. The van der Waals surface area contributed by atoms with Gasteiger partial charge < -0.3 is 13.9 Å². The fourth-order valence-corrected chi connectivity index (χ4v) is 5.72. The number of fused-ring (bicyclic) bond motifs is 1. The smallest absolute Gasteiger partial charge is 0.338 e. The number of rotatable bonds is 6. The van der Waals surface area contributed by atoms with E-state index in [1.165, 1.54) is 23.0 Å². The Morgan fingerprint density at radius 1 is 1.07 bits per heavy atom. The number of halogens is 1. The van der Waals surface area contributed by atoms with E-state index < -0.39 is 18.0 Å². The van der Waals surface area contributed by atoms with E-state index in [0.717, 1.165) is 5.56 Å². The van der Waals surface area contributed by atoms with Crippen LogP contribution < -0.4 is 14.9 Å². The summed E-state index contributed by atoms with van der Waals surface area (Å²) >= 11 is 7.50. The summed E-state index contributed by atoms with van der Waals surface area (Å²) < 4.78 is 18.2. The highest BCUT2D eigenvalue weighted by molar-refractivity contribution is 7.07. The number of aromatic nitrogens is 1. The van der Waals surface area contributed by atoms with Gasteiger partial charge >= 0.3 is 11.9 Å². The predicted molar refractivity (Wildman–Crippen MR) is 152 cm³/mol. The third kappa shape index (κ3) is 5.17. The molecular weight excluding hydrogens is 552 g/mol. The number of methoxy groups -OCH3 is 1. The van der Waals surface area contributed by atoms with Gasteiger partial charge in [-0.05, 0) is 62.7 Å². The molecule has 4 aromatic rings. The fourth-order valence-electron chi connectivity index (χ4n) is 4.46. The Hall–Kier alpha value is -4.21. The average molecular weight is 577 g/mol. The van der Waals surface area contributed by atoms with E-state index in [0.29, 0.717) is 42.7 Å². The SMILES string of the molecule is COC(=O)c1ccc(C2C(C(=O)OC(C)C)=C(C)N=c3sc(=Cc4ccc(-c5ccccc5Cl)o4)c(=O)n32)cc1. The zero-order chi connectivity index (χ0) is 28.6. The van der Waals surface area contributed by atoms with E-state index >= 15 is 0 Å². The minimum Gasteiger partial charge on any atom is -0.465 e. The first-order valence-electron chi connectivity index (χ1n) is 12.4. The van der Waals surface area contributed by atoms with E-state index in [-0.39, 0.29) is 17.2 Å². The average Bonchev–Trinajstić information content (AvgIpc) is 3.51. The van der Waals surface area contributed by atoms with Crippen LogP contribution in [0.4, 0.5) is 0 Å². The van der Waals surface area contributed by atoms with E-state index in [2.05, 4.69) is 4.99 Å². The highest BCUT2D eigenvalue weighted by atomic mass is 35.5. The topological polar surface area (TPSA) is 100 Å². The zero-order valence-corrected chi connectivity index (χ0v) is 23.7. The summed E-state index contributed by atoms with van der Waals surface area (Å²) in [5.74, 6) is -0.0173. The summed E-state index contributed by atoms with van der Waals surface area (Å²) in [6, 6.07) is 16.6. The van der Waals surface area contributed by atoms with Crippen molar-refractivity contribution in [2.45, 2.75) is 32.9 Å². The maximum absolute atomic E-state index is 13.8. The van der Waals surface area contributed by atoms with Crippen LogP contribution in [-0.2, 0) is 14.3 Å². The normalized spacial score (nSPS) is 15.2. The first kappa shape index (κ1) is 27.4. The van der Waals surface area contributed by atoms with Gasteiger partial charge in [-0.25, -0.2) is 14.6 Å². The zero-order valence-electron chi connectivity index (χ0n) is 22.1. The van der Waals surface area contributed by atoms with Gasteiger partial charge in [0.2, 0.25) is 0 Å². The summed E-state index contributed by atoms with van der Waals surface area (Å²) in [5, 5.41) is 0.553. The summed E-state index contributed by atoms with van der Waals surface area (Å²) in [6.45, 7) is 5.22. The van der Waals surface area contributed by atoms with Crippen molar-refractivity contribution in [3.63, 3.8) is 0 Å². The molecule has 3 heterocycles. The molecule has 1 aliphatic rings. The lowest BCUT2D eigenvalue weighted by Gasteiger charge is -2.25. The van der Waals surface area contributed by atoms with Gasteiger partial charge in [-0.1, -0.05) is 47.2 Å². The van der Waals surface area contributed by atoms with Crippen LogP contribution >= 0.6 is 22.9 Å². The first-order chi connectivity index (χ1) is 19.2. The van der Waals surface area contributed by atoms with E-state index in [1.54, 1.807) is 69.3 Å². The number of esters is 2. The predicted octanol–water partition coefficient (Wildman–Crippen LogP) is 4.89. The van der Waals surface area contributed by atoms with E-state index in [4.69, 9.17) is 25.5 Å². The Labute approximate surface area is 238 Å². The molecular formula is C30H25ClN2O6S. The summed E-state index contributed by atoms with van der Waals surface area (Å²) in [7, 11) is 1.30. The van der Waals surface area contributed by atoms with Crippen molar-refractivity contribution in [2.75, 3.05) is 7.11 Å². The quantitative estimate of drug-likeness (QED) is 0.303. The van der Waals surface area contributed by atoms with Crippen LogP contribution in [0.25, 0.3) is 17.4 Å². The lowest BCUT2D eigenvalue weighted by molar-refractivity contribution is -0.143. The Morgan fingerprint density at radius 3 is 2.48 bits per heavy atom. The third-order valence-electron chi connectivity index (χ3n) is 6.27.